The summed E-state index contributed by atoms with van der Waals surface area (Å²) in [6.45, 7) is 1.75. The van der Waals surface area contributed by atoms with Crippen LogP contribution in [0.25, 0.3) is 10.9 Å². The fourth-order valence-corrected chi connectivity index (χ4v) is 1.47. The van der Waals surface area contributed by atoms with Gasteiger partial charge in [-0.1, -0.05) is 5.16 Å². The van der Waals surface area contributed by atoms with E-state index in [0.717, 1.165) is 0 Å². The molecule has 1 N–H and O–H groups in total. The second-order valence-electron chi connectivity index (χ2n) is 3.08. The molecule has 0 radical (unpaired) electrons. The van der Waals surface area contributed by atoms with E-state index in [0.29, 0.717) is 22.3 Å². The van der Waals surface area contributed by atoms with Crippen molar-refractivity contribution in [3.63, 3.8) is 0 Å². The molecule has 0 aliphatic rings. The lowest BCUT2D eigenvalue weighted by atomic mass is 10.2. The van der Waals surface area contributed by atoms with Crippen LogP contribution < -0.4 is 0 Å². The second-order valence-corrected chi connectivity index (χ2v) is 3.08. The van der Waals surface area contributed by atoms with Crippen molar-refractivity contribution in [3.8, 4) is 0 Å². The van der Waals surface area contributed by atoms with Gasteiger partial charge >= 0.3 is 0 Å². The molecule has 0 spiro atoms. The summed E-state index contributed by atoms with van der Waals surface area (Å²) in [5.41, 5.74) is 1.83. The summed E-state index contributed by atoms with van der Waals surface area (Å²) >= 11 is 0. The number of nitrogens with zero attached hydrogens (tertiary/aromatic N) is 2. The number of pyridine rings is 1. The summed E-state index contributed by atoms with van der Waals surface area (Å²) in [5.74, 6) is -0.347. The SMILES string of the molecule is CON=C(C)c1ncc(F)c2cc[nH]c12. The molecule has 0 aliphatic carbocycles. The molecule has 0 bridgehead atoms. The molecule has 0 aliphatic heterocycles. The molecule has 15 heavy (non-hydrogen) atoms. The highest BCUT2D eigenvalue weighted by Gasteiger charge is 2.10. The first-order chi connectivity index (χ1) is 7.24. The van der Waals surface area contributed by atoms with Crippen LogP contribution >= 0.6 is 0 Å². The third-order valence-corrected chi connectivity index (χ3v) is 2.12. The van der Waals surface area contributed by atoms with E-state index in [1.54, 1.807) is 19.2 Å². The highest BCUT2D eigenvalue weighted by molar-refractivity contribution is 6.06. The normalized spacial score (nSPS) is 12.1. The molecule has 5 heteroatoms. The van der Waals surface area contributed by atoms with Crippen molar-refractivity contribution >= 4 is 16.6 Å². The van der Waals surface area contributed by atoms with Gasteiger partial charge in [-0.25, -0.2) is 9.37 Å². The summed E-state index contributed by atoms with van der Waals surface area (Å²) in [5, 5.41) is 4.27. The van der Waals surface area contributed by atoms with Gasteiger partial charge < -0.3 is 9.82 Å². The van der Waals surface area contributed by atoms with Gasteiger partial charge in [-0.05, 0) is 13.0 Å². The maximum absolute atomic E-state index is 13.3. The Morgan fingerprint density at radius 1 is 1.60 bits per heavy atom. The molecule has 0 saturated heterocycles. The van der Waals surface area contributed by atoms with Gasteiger partial charge in [0.15, 0.2) is 5.82 Å². The van der Waals surface area contributed by atoms with Crippen LogP contribution in [-0.2, 0) is 4.84 Å². The Hall–Kier alpha value is -1.91. The van der Waals surface area contributed by atoms with Gasteiger partial charge in [0.1, 0.15) is 18.5 Å². The first-order valence-electron chi connectivity index (χ1n) is 4.43. The van der Waals surface area contributed by atoms with Gasteiger partial charge in [0, 0.05) is 11.6 Å². The zero-order chi connectivity index (χ0) is 10.8. The van der Waals surface area contributed by atoms with E-state index >= 15 is 0 Å². The van der Waals surface area contributed by atoms with E-state index in [4.69, 9.17) is 0 Å². The number of fused-ring (bicyclic) bond motifs is 1. The zero-order valence-electron chi connectivity index (χ0n) is 8.41. The number of aromatic nitrogens is 2. The molecular formula is C10H10FN3O. The first kappa shape index (κ1) is 9.64. The molecule has 0 saturated carbocycles. The lowest BCUT2D eigenvalue weighted by Gasteiger charge is -2.01. The third kappa shape index (κ3) is 1.56. The van der Waals surface area contributed by atoms with Gasteiger partial charge in [0.2, 0.25) is 0 Å². The number of oxime groups is 1. The minimum atomic E-state index is -0.347. The summed E-state index contributed by atoms with van der Waals surface area (Å²) in [6, 6.07) is 1.66. The summed E-state index contributed by atoms with van der Waals surface area (Å²) in [7, 11) is 1.46. The summed E-state index contributed by atoms with van der Waals surface area (Å²) in [6.07, 6.45) is 2.85. The molecule has 2 aromatic rings. The van der Waals surface area contributed by atoms with Crippen LogP contribution in [0.1, 0.15) is 12.6 Å². The topological polar surface area (TPSA) is 50.3 Å². The largest absolute Gasteiger partial charge is 0.399 e. The number of rotatable bonds is 2. The van der Waals surface area contributed by atoms with Crippen LogP contribution in [0.2, 0.25) is 0 Å². The number of halogens is 1. The second kappa shape index (κ2) is 3.68. The molecule has 0 amide bonds. The number of aromatic amines is 1. The molecule has 78 valence electrons. The monoisotopic (exact) mass is 207 g/mol. The highest BCUT2D eigenvalue weighted by Crippen LogP contribution is 2.18. The Morgan fingerprint density at radius 3 is 3.13 bits per heavy atom. The minimum Gasteiger partial charge on any atom is -0.399 e. The molecule has 0 atom stereocenters. The fraction of sp³-hybridized carbons (Fsp3) is 0.200. The zero-order valence-corrected chi connectivity index (χ0v) is 8.41. The fourth-order valence-electron chi connectivity index (χ4n) is 1.47. The molecule has 0 fully saturated rings. The van der Waals surface area contributed by atoms with Crippen LogP contribution in [-0.4, -0.2) is 22.8 Å². The molecule has 0 unspecified atom stereocenters. The van der Waals surface area contributed by atoms with Crippen molar-refractivity contribution in [2.24, 2.45) is 5.16 Å². The van der Waals surface area contributed by atoms with E-state index in [1.165, 1.54) is 13.3 Å². The average Bonchev–Trinajstić information content (AvgIpc) is 2.68. The first-order valence-corrected chi connectivity index (χ1v) is 4.43. The molecular weight excluding hydrogens is 197 g/mol. The summed E-state index contributed by atoms with van der Waals surface area (Å²) < 4.78 is 13.3. The van der Waals surface area contributed by atoms with E-state index in [-0.39, 0.29) is 5.82 Å². The van der Waals surface area contributed by atoms with Crippen LogP contribution in [0.3, 0.4) is 0 Å². The van der Waals surface area contributed by atoms with Crippen molar-refractivity contribution in [1.82, 2.24) is 9.97 Å². The van der Waals surface area contributed by atoms with E-state index in [2.05, 4.69) is 20.0 Å². The van der Waals surface area contributed by atoms with E-state index in [1.807, 2.05) is 0 Å². The van der Waals surface area contributed by atoms with Crippen LogP contribution in [0, 0.1) is 5.82 Å². The molecule has 0 aromatic carbocycles. The molecule has 2 aromatic heterocycles. The highest BCUT2D eigenvalue weighted by atomic mass is 19.1. The minimum absolute atomic E-state index is 0.347. The Morgan fingerprint density at radius 2 is 2.40 bits per heavy atom. The van der Waals surface area contributed by atoms with Gasteiger partial charge in [0.25, 0.3) is 0 Å². The number of hydrogen-bond acceptors (Lipinski definition) is 3. The Balaban J connectivity index is 2.67. The third-order valence-electron chi connectivity index (χ3n) is 2.12. The molecule has 4 nitrogen and oxygen atoms in total. The number of hydrogen-bond donors (Lipinski definition) is 1. The van der Waals surface area contributed by atoms with Crippen LogP contribution in [0.15, 0.2) is 23.6 Å². The maximum Gasteiger partial charge on any atom is 0.150 e. The smallest absolute Gasteiger partial charge is 0.150 e. The average molecular weight is 207 g/mol. The molecule has 2 rings (SSSR count). The molecule has 2 heterocycles. The van der Waals surface area contributed by atoms with E-state index in [9.17, 15) is 4.39 Å². The van der Waals surface area contributed by atoms with Crippen molar-refractivity contribution in [3.05, 3.63) is 30.0 Å². The van der Waals surface area contributed by atoms with Crippen LogP contribution in [0.4, 0.5) is 4.39 Å². The maximum atomic E-state index is 13.3. The van der Waals surface area contributed by atoms with Crippen molar-refractivity contribution in [1.29, 1.82) is 0 Å². The predicted octanol–water partition coefficient (Wildman–Crippen LogP) is 2.07. The van der Waals surface area contributed by atoms with Crippen LogP contribution in [0.5, 0.6) is 0 Å². The Labute approximate surface area is 85.8 Å². The van der Waals surface area contributed by atoms with Crippen molar-refractivity contribution in [2.45, 2.75) is 6.92 Å². The van der Waals surface area contributed by atoms with Gasteiger partial charge in [0.05, 0.1) is 11.7 Å². The Kier molecular flexibility index (Phi) is 2.37. The Bertz CT molecular complexity index is 518. The number of H-pyrrole nitrogens is 1. The quantitative estimate of drug-likeness (QED) is 0.605. The van der Waals surface area contributed by atoms with Gasteiger partial charge in [-0.15, -0.1) is 0 Å². The standard InChI is InChI=1S/C10H10FN3O/c1-6(14-15-2)9-10-7(3-4-12-10)8(11)5-13-9/h3-5,12H,1-2H3. The van der Waals surface area contributed by atoms with Gasteiger partial charge in [-0.2, -0.15) is 0 Å². The summed E-state index contributed by atoms with van der Waals surface area (Å²) in [4.78, 5) is 11.6. The lowest BCUT2D eigenvalue weighted by Crippen LogP contribution is -2.01. The van der Waals surface area contributed by atoms with E-state index < -0.39 is 0 Å². The predicted molar refractivity (Wildman–Crippen MR) is 55.3 cm³/mol. The lowest BCUT2D eigenvalue weighted by molar-refractivity contribution is 0.213. The van der Waals surface area contributed by atoms with Crippen molar-refractivity contribution < 1.29 is 9.23 Å². The number of nitrogens with one attached hydrogen (secondary N) is 1. The van der Waals surface area contributed by atoms with Crippen molar-refractivity contribution in [2.75, 3.05) is 7.11 Å². The van der Waals surface area contributed by atoms with Gasteiger partial charge in [-0.3, -0.25) is 0 Å².